The van der Waals surface area contributed by atoms with Crippen molar-refractivity contribution in [1.82, 2.24) is 15.3 Å². The number of nitrogens with zero attached hydrogens (tertiary/aromatic N) is 2. The number of H-pyrrole nitrogens is 1. The topological polar surface area (TPSA) is 98.3 Å². The molecule has 0 atom stereocenters. The van der Waals surface area contributed by atoms with Crippen LogP contribution in [-0.4, -0.2) is 53.8 Å². The first-order valence-corrected chi connectivity index (χ1v) is 10.4. The number of hydrogen-bond donors (Lipinski definition) is 3. The molecule has 7 nitrogen and oxygen atoms in total. The van der Waals surface area contributed by atoms with Crippen LogP contribution in [-0.2, 0) is 11.2 Å². The van der Waals surface area contributed by atoms with Gasteiger partial charge >= 0.3 is 12.1 Å². The van der Waals surface area contributed by atoms with Crippen LogP contribution in [0.15, 0.2) is 42.6 Å². The van der Waals surface area contributed by atoms with Crippen molar-refractivity contribution >= 4 is 29.7 Å². The van der Waals surface area contributed by atoms with E-state index in [0.717, 1.165) is 29.1 Å². The Hall–Kier alpha value is -4.15. The van der Waals surface area contributed by atoms with E-state index in [2.05, 4.69) is 15.3 Å². The number of alkyl halides is 3. The lowest BCUT2D eigenvalue weighted by Gasteiger charge is -2.12. The Morgan fingerprint density at radius 2 is 1.86 bits per heavy atom. The fraction of sp³-hybridized carbons (Fsp3) is 0.208. The van der Waals surface area contributed by atoms with E-state index in [0.29, 0.717) is 23.4 Å². The maximum Gasteiger partial charge on any atom is 0.490 e. The molecule has 0 radical (unpaired) electrons. The lowest BCUT2D eigenvalue weighted by molar-refractivity contribution is -0.192. The first-order valence-electron chi connectivity index (χ1n) is 10.4. The number of aromatic nitrogens is 2. The molecular weight excluding hydrogens is 468 g/mol. The minimum atomic E-state index is -5.08. The van der Waals surface area contributed by atoms with Crippen molar-refractivity contribution in [2.75, 3.05) is 25.5 Å². The van der Waals surface area contributed by atoms with Gasteiger partial charge in [-0.1, -0.05) is 0 Å². The number of hydrogen-bond acceptors (Lipinski definition) is 4. The predicted molar refractivity (Wildman–Crippen MR) is 123 cm³/mol. The molecule has 3 aromatic rings. The van der Waals surface area contributed by atoms with E-state index in [1.165, 1.54) is 6.07 Å². The summed E-state index contributed by atoms with van der Waals surface area (Å²) in [7, 11) is 3.75. The molecule has 4 rings (SSSR count). The van der Waals surface area contributed by atoms with Crippen molar-refractivity contribution in [3.05, 3.63) is 70.9 Å². The van der Waals surface area contributed by atoms with E-state index in [1.807, 2.05) is 43.3 Å². The molecule has 3 heterocycles. The Bertz CT molecular complexity index is 1270. The van der Waals surface area contributed by atoms with Gasteiger partial charge in [0.25, 0.3) is 5.91 Å². The molecule has 1 aliphatic heterocycles. The molecule has 1 aliphatic rings. The van der Waals surface area contributed by atoms with Crippen LogP contribution in [0.2, 0.25) is 0 Å². The van der Waals surface area contributed by atoms with Crippen molar-refractivity contribution < 1.29 is 32.3 Å². The van der Waals surface area contributed by atoms with E-state index < -0.39 is 12.1 Å². The highest BCUT2D eigenvalue weighted by molar-refractivity contribution is 5.97. The van der Waals surface area contributed by atoms with Crippen LogP contribution < -0.4 is 10.2 Å². The zero-order valence-corrected chi connectivity index (χ0v) is 18.8. The number of fused-ring (bicyclic) bond motifs is 1. The smallest absolute Gasteiger partial charge is 0.475 e. The lowest BCUT2D eigenvalue weighted by Crippen LogP contribution is -2.31. The summed E-state index contributed by atoms with van der Waals surface area (Å²) in [4.78, 5) is 30.4. The van der Waals surface area contributed by atoms with Crippen LogP contribution in [0.3, 0.4) is 0 Å². The molecular formula is C24H22F4N4O3. The highest BCUT2D eigenvalue weighted by Gasteiger charge is 2.38. The van der Waals surface area contributed by atoms with Gasteiger partial charge in [0, 0.05) is 61.5 Å². The lowest BCUT2D eigenvalue weighted by atomic mass is 10.1. The van der Waals surface area contributed by atoms with E-state index >= 15 is 0 Å². The standard InChI is InChI=1S/C22H21FN4O.C2HF3O2/c1-27(2)17-6-4-14(19(23)12-17)3-5-16-11-15(7-9-24-16)21-13-18-20(26-21)8-10-25-22(18)28;3-2(4,5)1(6)7/h3-7,9,11-13,26H,8,10H2,1-2H3,(H,25,28);(H,6,7). The van der Waals surface area contributed by atoms with Gasteiger partial charge in [0.1, 0.15) is 5.82 Å². The second-order valence-corrected chi connectivity index (χ2v) is 7.79. The number of rotatable bonds is 4. The molecule has 184 valence electrons. The zero-order chi connectivity index (χ0) is 25.8. The summed E-state index contributed by atoms with van der Waals surface area (Å²) in [6, 6.07) is 10.8. The van der Waals surface area contributed by atoms with Crippen LogP contribution in [0, 0.1) is 5.82 Å². The molecule has 2 aromatic heterocycles. The van der Waals surface area contributed by atoms with Gasteiger partial charge in [-0.15, -0.1) is 0 Å². The molecule has 1 amide bonds. The average Bonchev–Trinajstić information content (AvgIpc) is 3.24. The van der Waals surface area contributed by atoms with E-state index in [-0.39, 0.29) is 11.7 Å². The maximum atomic E-state index is 14.3. The second-order valence-electron chi connectivity index (χ2n) is 7.79. The number of aromatic amines is 1. The minimum absolute atomic E-state index is 0.0467. The Labute approximate surface area is 198 Å². The van der Waals surface area contributed by atoms with Gasteiger partial charge in [-0.2, -0.15) is 13.2 Å². The molecule has 0 bridgehead atoms. The first kappa shape index (κ1) is 25.5. The molecule has 0 spiro atoms. The summed E-state index contributed by atoms with van der Waals surface area (Å²) in [5, 5.41) is 9.97. The number of halogens is 4. The predicted octanol–water partition coefficient (Wildman–Crippen LogP) is 4.37. The largest absolute Gasteiger partial charge is 0.490 e. The number of nitrogens with one attached hydrogen (secondary N) is 2. The molecule has 0 aliphatic carbocycles. The van der Waals surface area contributed by atoms with E-state index in [1.54, 1.807) is 24.4 Å². The highest BCUT2D eigenvalue weighted by atomic mass is 19.4. The number of anilines is 1. The van der Waals surface area contributed by atoms with Gasteiger partial charge in [-0.05, 0) is 48.6 Å². The van der Waals surface area contributed by atoms with Crippen LogP contribution in [0.25, 0.3) is 23.4 Å². The summed E-state index contributed by atoms with van der Waals surface area (Å²) >= 11 is 0. The third kappa shape index (κ3) is 6.46. The normalized spacial score (nSPS) is 13.0. The van der Waals surface area contributed by atoms with Gasteiger partial charge in [0.15, 0.2) is 0 Å². The molecule has 3 N–H and O–H groups in total. The highest BCUT2D eigenvalue weighted by Crippen LogP contribution is 2.25. The Kier molecular flexibility index (Phi) is 7.58. The number of carboxylic acids is 1. The number of aliphatic carboxylic acids is 1. The fourth-order valence-corrected chi connectivity index (χ4v) is 3.26. The van der Waals surface area contributed by atoms with Crippen LogP contribution in [0.4, 0.5) is 23.2 Å². The van der Waals surface area contributed by atoms with E-state index in [9.17, 15) is 22.4 Å². The summed E-state index contributed by atoms with van der Waals surface area (Å²) in [6.45, 7) is 0.647. The molecule has 0 saturated carbocycles. The van der Waals surface area contributed by atoms with Crippen molar-refractivity contribution in [2.24, 2.45) is 0 Å². The average molecular weight is 490 g/mol. The second kappa shape index (κ2) is 10.4. The monoisotopic (exact) mass is 490 g/mol. The van der Waals surface area contributed by atoms with Crippen molar-refractivity contribution in [3.63, 3.8) is 0 Å². The summed E-state index contributed by atoms with van der Waals surface area (Å²) in [5.74, 6) is -3.08. The Morgan fingerprint density at radius 1 is 1.14 bits per heavy atom. The maximum absolute atomic E-state index is 14.3. The summed E-state index contributed by atoms with van der Waals surface area (Å²) in [5.41, 5.74) is 5.49. The van der Waals surface area contributed by atoms with Gasteiger partial charge in [0.2, 0.25) is 0 Å². The molecule has 11 heteroatoms. The van der Waals surface area contributed by atoms with Gasteiger partial charge in [-0.25, -0.2) is 9.18 Å². The molecule has 35 heavy (non-hydrogen) atoms. The number of carbonyl (C=O) groups is 2. The van der Waals surface area contributed by atoms with Gasteiger partial charge in [0.05, 0.1) is 11.3 Å². The number of amides is 1. The third-order valence-electron chi connectivity index (χ3n) is 5.07. The van der Waals surface area contributed by atoms with Gasteiger partial charge < -0.3 is 20.3 Å². The molecule has 1 aromatic carbocycles. The van der Waals surface area contributed by atoms with Crippen molar-refractivity contribution in [2.45, 2.75) is 12.6 Å². The number of carbonyl (C=O) groups excluding carboxylic acids is 1. The molecule has 0 fully saturated rings. The first-order chi connectivity index (χ1) is 16.5. The third-order valence-corrected chi connectivity index (χ3v) is 5.07. The van der Waals surface area contributed by atoms with Crippen molar-refractivity contribution in [1.29, 1.82) is 0 Å². The number of carboxylic acid groups (broad SMARTS) is 1. The summed E-state index contributed by atoms with van der Waals surface area (Å²) in [6.07, 6.45) is 0.919. The van der Waals surface area contributed by atoms with E-state index in [4.69, 9.17) is 9.90 Å². The number of pyridine rings is 1. The molecule has 0 saturated heterocycles. The number of benzene rings is 1. The Balaban J connectivity index is 0.000000429. The van der Waals surface area contributed by atoms with Crippen molar-refractivity contribution in [3.8, 4) is 11.3 Å². The Morgan fingerprint density at radius 3 is 2.46 bits per heavy atom. The molecule has 0 unspecified atom stereocenters. The quantitative estimate of drug-likeness (QED) is 0.472. The SMILES string of the molecule is CN(C)c1ccc(C=Cc2cc(-c3cc4c([nH]3)CCNC4=O)ccn2)c(F)c1.O=C(O)C(F)(F)F. The van der Waals surface area contributed by atoms with Crippen LogP contribution >= 0.6 is 0 Å². The van der Waals surface area contributed by atoms with Gasteiger partial charge in [-0.3, -0.25) is 9.78 Å². The fourth-order valence-electron chi connectivity index (χ4n) is 3.26. The minimum Gasteiger partial charge on any atom is -0.475 e. The zero-order valence-electron chi connectivity index (χ0n) is 18.8. The van der Waals surface area contributed by atoms with Crippen LogP contribution in [0.1, 0.15) is 27.3 Å². The van der Waals surface area contributed by atoms with Crippen LogP contribution in [0.5, 0.6) is 0 Å². The summed E-state index contributed by atoms with van der Waals surface area (Å²) < 4.78 is 46.0.